The number of hydrogen-bond donors (Lipinski definition) is 2. The molecule has 0 radical (unpaired) electrons. The van der Waals surface area contributed by atoms with Gasteiger partial charge in [-0.1, -0.05) is 6.92 Å². The highest BCUT2D eigenvalue weighted by Crippen LogP contribution is 2.36. The smallest absolute Gasteiger partial charge is 0.410 e. The summed E-state index contributed by atoms with van der Waals surface area (Å²) in [4.78, 5) is 26.6. The molecule has 1 fully saturated rings. The first-order valence-electron chi connectivity index (χ1n) is 12.0. The SMILES string of the molecule is COC[C@]1(C)CCc2c(C(=O)Nc3cnn([C@H]4CCN(C(=O)OC(C)(C)C)C[C@@H]4F)c3)n[nH]c2C1. The fraction of sp³-hybridized carbons (Fsp3) is 0.667. The van der Waals surface area contributed by atoms with Crippen LogP contribution in [0.1, 0.15) is 68.3 Å². The van der Waals surface area contributed by atoms with Gasteiger partial charge in [0.2, 0.25) is 0 Å². The summed E-state index contributed by atoms with van der Waals surface area (Å²) >= 11 is 0. The molecule has 3 heterocycles. The molecule has 35 heavy (non-hydrogen) atoms. The Kier molecular flexibility index (Phi) is 6.90. The lowest BCUT2D eigenvalue weighted by Gasteiger charge is -2.35. The van der Waals surface area contributed by atoms with E-state index in [9.17, 15) is 14.0 Å². The third-order valence-corrected chi connectivity index (χ3v) is 6.60. The number of carbonyl (C=O) groups excluding carboxylic acids is 2. The molecule has 3 atom stereocenters. The number of anilines is 1. The van der Waals surface area contributed by atoms with Gasteiger partial charge in [0.25, 0.3) is 5.91 Å². The van der Waals surface area contributed by atoms with E-state index in [1.54, 1.807) is 34.1 Å². The standard InChI is InChI=1S/C24H35FN6O4/c1-23(2,3)35-22(33)30-9-7-19(17(25)13-30)31-12-15(11-26-31)27-21(32)20-16-6-8-24(4,14-34-5)10-18(16)28-29-20/h11-12,17,19H,6-10,13-14H2,1-5H3,(H,27,32)(H,28,29)/t17-,19-,24+/m0/s1. The van der Waals surface area contributed by atoms with E-state index in [0.29, 0.717) is 31.0 Å². The fourth-order valence-corrected chi connectivity index (χ4v) is 4.88. The van der Waals surface area contributed by atoms with Gasteiger partial charge in [0.05, 0.1) is 31.1 Å². The summed E-state index contributed by atoms with van der Waals surface area (Å²) in [5, 5.41) is 14.4. The molecule has 192 valence electrons. The third kappa shape index (κ3) is 5.66. The number of methoxy groups -OCH3 is 1. The molecule has 2 N–H and O–H groups in total. The molecule has 1 saturated heterocycles. The van der Waals surface area contributed by atoms with Gasteiger partial charge in [-0.2, -0.15) is 10.2 Å². The number of aromatic amines is 1. The van der Waals surface area contributed by atoms with Gasteiger partial charge in [-0.3, -0.25) is 14.6 Å². The molecule has 0 unspecified atom stereocenters. The lowest BCUT2D eigenvalue weighted by molar-refractivity contribution is 0.00575. The van der Waals surface area contributed by atoms with E-state index in [4.69, 9.17) is 9.47 Å². The van der Waals surface area contributed by atoms with Crippen LogP contribution in [0.4, 0.5) is 14.9 Å². The summed E-state index contributed by atoms with van der Waals surface area (Å²) < 4.78 is 27.2. The normalized spacial score (nSPS) is 24.7. The zero-order valence-electron chi connectivity index (χ0n) is 21.1. The van der Waals surface area contributed by atoms with Crippen molar-refractivity contribution >= 4 is 17.7 Å². The highest BCUT2D eigenvalue weighted by Gasteiger charge is 2.36. The van der Waals surface area contributed by atoms with Crippen LogP contribution in [0.2, 0.25) is 0 Å². The van der Waals surface area contributed by atoms with Crippen molar-refractivity contribution in [3.63, 3.8) is 0 Å². The number of fused-ring (bicyclic) bond motifs is 1. The molecule has 0 spiro atoms. The van der Waals surface area contributed by atoms with Crippen molar-refractivity contribution in [1.82, 2.24) is 24.9 Å². The van der Waals surface area contributed by atoms with E-state index in [2.05, 4.69) is 27.5 Å². The predicted molar refractivity (Wildman–Crippen MR) is 127 cm³/mol. The number of likely N-dealkylation sites (tertiary alicyclic amines) is 1. The van der Waals surface area contributed by atoms with Crippen LogP contribution < -0.4 is 5.32 Å². The summed E-state index contributed by atoms with van der Waals surface area (Å²) in [6.45, 7) is 8.46. The van der Waals surface area contributed by atoms with E-state index in [1.165, 1.54) is 15.8 Å². The largest absolute Gasteiger partial charge is 0.444 e. The molecule has 1 aliphatic carbocycles. The van der Waals surface area contributed by atoms with Gasteiger partial charge < -0.3 is 19.7 Å². The fourth-order valence-electron chi connectivity index (χ4n) is 4.88. The van der Waals surface area contributed by atoms with Crippen LogP contribution in [-0.2, 0) is 22.3 Å². The minimum absolute atomic E-state index is 0.0190. The number of H-pyrrole nitrogens is 1. The molecule has 2 aliphatic rings. The molecule has 2 amide bonds. The number of hydrogen-bond acceptors (Lipinski definition) is 6. The number of carbonyl (C=O) groups is 2. The summed E-state index contributed by atoms with van der Waals surface area (Å²) in [6.07, 6.45) is 4.11. The second-order valence-corrected chi connectivity index (χ2v) is 10.9. The van der Waals surface area contributed by atoms with Crippen molar-refractivity contribution in [3.05, 3.63) is 29.3 Å². The molecule has 0 saturated carbocycles. The number of nitrogens with zero attached hydrogens (tertiary/aromatic N) is 4. The van der Waals surface area contributed by atoms with Crippen molar-refractivity contribution in [2.45, 2.75) is 71.2 Å². The lowest BCUT2D eigenvalue weighted by Crippen LogP contribution is -2.47. The van der Waals surface area contributed by atoms with E-state index < -0.39 is 23.9 Å². The highest BCUT2D eigenvalue weighted by atomic mass is 19.1. The molecule has 4 rings (SSSR count). The Hall–Kier alpha value is -2.95. The summed E-state index contributed by atoms with van der Waals surface area (Å²) in [7, 11) is 1.70. The van der Waals surface area contributed by atoms with Gasteiger partial charge in [-0.25, -0.2) is 9.18 Å². The maximum absolute atomic E-state index is 15.0. The van der Waals surface area contributed by atoms with Crippen LogP contribution >= 0.6 is 0 Å². The zero-order valence-corrected chi connectivity index (χ0v) is 21.1. The first-order chi connectivity index (χ1) is 16.5. The van der Waals surface area contributed by atoms with Crippen molar-refractivity contribution in [2.24, 2.45) is 5.41 Å². The maximum atomic E-state index is 15.0. The van der Waals surface area contributed by atoms with Crippen LogP contribution in [0.25, 0.3) is 0 Å². The first kappa shape index (κ1) is 25.2. The molecule has 11 heteroatoms. The van der Waals surface area contributed by atoms with Crippen LogP contribution in [0.15, 0.2) is 12.4 Å². The highest BCUT2D eigenvalue weighted by molar-refractivity contribution is 6.03. The van der Waals surface area contributed by atoms with Crippen LogP contribution in [0.3, 0.4) is 0 Å². The molecule has 10 nitrogen and oxygen atoms in total. The molecule has 0 bridgehead atoms. The first-order valence-corrected chi connectivity index (χ1v) is 12.0. The number of rotatable bonds is 5. The summed E-state index contributed by atoms with van der Waals surface area (Å²) in [5.41, 5.74) is 2.13. The van der Waals surface area contributed by atoms with Gasteiger partial charge in [-0.15, -0.1) is 0 Å². The number of amides is 2. The number of ether oxygens (including phenoxy) is 2. The average Bonchev–Trinajstić information content (AvgIpc) is 3.39. The minimum atomic E-state index is -1.31. The quantitative estimate of drug-likeness (QED) is 0.663. The van der Waals surface area contributed by atoms with Crippen molar-refractivity contribution in [1.29, 1.82) is 0 Å². The zero-order chi connectivity index (χ0) is 25.4. The Morgan fingerprint density at radius 1 is 1.37 bits per heavy atom. The van der Waals surface area contributed by atoms with E-state index in [0.717, 1.165) is 30.5 Å². The van der Waals surface area contributed by atoms with Gasteiger partial charge >= 0.3 is 6.09 Å². The summed E-state index contributed by atoms with van der Waals surface area (Å²) in [6, 6.07) is -0.532. The number of piperidine rings is 1. The molecular weight excluding hydrogens is 455 g/mol. The van der Waals surface area contributed by atoms with Gasteiger partial charge in [0.1, 0.15) is 11.8 Å². The Morgan fingerprint density at radius 2 is 2.14 bits per heavy atom. The van der Waals surface area contributed by atoms with Crippen molar-refractivity contribution in [3.8, 4) is 0 Å². The number of alkyl halides is 1. The molecule has 2 aromatic rings. The maximum Gasteiger partial charge on any atom is 0.410 e. The Bertz CT molecular complexity index is 1080. The predicted octanol–water partition coefficient (Wildman–Crippen LogP) is 3.52. The second-order valence-electron chi connectivity index (χ2n) is 10.9. The Labute approximate surface area is 204 Å². The number of halogens is 1. The van der Waals surface area contributed by atoms with E-state index >= 15 is 0 Å². The van der Waals surface area contributed by atoms with Crippen molar-refractivity contribution in [2.75, 3.05) is 32.1 Å². The topological polar surface area (TPSA) is 114 Å². The lowest BCUT2D eigenvalue weighted by atomic mass is 9.75. The van der Waals surface area contributed by atoms with E-state index in [-0.39, 0.29) is 17.9 Å². The summed E-state index contributed by atoms with van der Waals surface area (Å²) in [5.74, 6) is -0.325. The molecular formula is C24H35FN6O4. The second kappa shape index (κ2) is 9.60. The molecule has 2 aromatic heterocycles. The molecule has 0 aromatic carbocycles. The Balaban J connectivity index is 1.37. The van der Waals surface area contributed by atoms with E-state index in [1.807, 2.05) is 0 Å². The average molecular weight is 491 g/mol. The van der Waals surface area contributed by atoms with Crippen molar-refractivity contribution < 1.29 is 23.5 Å². The Morgan fingerprint density at radius 3 is 2.83 bits per heavy atom. The van der Waals surface area contributed by atoms with Gasteiger partial charge in [0.15, 0.2) is 5.69 Å². The third-order valence-electron chi connectivity index (χ3n) is 6.60. The van der Waals surface area contributed by atoms with Crippen LogP contribution in [0.5, 0.6) is 0 Å². The minimum Gasteiger partial charge on any atom is -0.444 e. The number of nitrogens with one attached hydrogen (secondary N) is 2. The van der Waals surface area contributed by atoms with Gasteiger partial charge in [0, 0.05) is 31.1 Å². The van der Waals surface area contributed by atoms with Crippen LogP contribution in [-0.4, -0.2) is 75.5 Å². The number of aromatic nitrogens is 4. The monoisotopic (exact) mass is 490 g/mol. The molecule has 1 aliphatic heterocycles. The van der Waals surface area contributed by atoms with Crippen LogP contribution in [0, 0.1) is 5.41 Å². The van der Waals surface area contributed by atoms with Gasteiger partial charge in [-0.05, 0) is 51.9 Å².